The number of aromatic nitrogens is 2. The van der Waals surface area contributed by atoms with Crippen LogP contribution in [0.4, 0.5) is 21.6 Å². The number of carbonyl (C=O) groups excluding carboxylic acids is 1. The van der Waals surface area contributed by atoms with Crippen molar-refractivity contribution < 1.29 is 9.18 Å². The minimum absolute atomic E-state index is 0.0110. The quantitative estimate of drug-likeness (QED) is 0.482. The number of likely N-dealkylation sites (tertiary alicyclic amines) is 1. The number of nitrogens with zero attached hydrogens (tertiary/aromatic N) is 3. The van der Waals surface area contributed by atoms with Crippen molar-refractivity contribution in [3.63, 3.8) is 0 Å². The van der Waals surface area contributed by atoms with E-state index in [1.807, 2.05) is 6.08 Å². The van der Waals surface area contributed by atoms with Crippen molar-refractivity contribution in [3.05, 3.63) is 64.7 Å². The summed E-state index contributed by atoms with van der Waals surface area (Å²) < 4.78 is 13.5. The van der Waals surface area contributed by atoms with Gasteiger partial charge in [0.05, 0.1) is 26.6 Å². The predicted molar refractivity (Wildman–Crippen MR) is 123 cm³/mol. The Labute approximate surface area is 189 Å². The van der Waals surface area contributed by atoms with Crippen LogP contribution in [0.5, 0.6) is 0 Å². The van der Waals surface area contributed by atoms with Crippen molar-refractivity contribution in [3.8, 4) is 0 Å². The van der Waals surface area contributed by atoms with Gasteiger partial charge in [-0.05, 0) is 56.3 Å². The Balaban J connectivity index is 1.55. The van der Waals surface area contributed by atoms with Crippen LogP contribution in [-0.4, -0.2) is 40.4 Å². The van der Waals surface area contributed by atoms with Crippen LogP contribution in [0, 0.1) is 5.82 Å². The molecule has 160 valence electrons. The maximum atomic E-state index is 13.5. The molecule has 3 aromatic rings. The van der Waals surface area contributed by atoms with Crippen molar-refractivity contribution in [2.75, 3.05) is 30.3 Å². The van der Waals surface area contributed by atoms with Gasteiger partial charge in [-0.3, -0.25) is 9.69 Å². The number of hydrogen-bond donors (Lipinski definition) is 2. The summed E-state index contributed by atoms with van der Waals surface area (Å²) in [4.78, 5) is 23.1. The molecule has 1 amide bonds. The number of halogens is 3. The summed E-state index contributed by atoms with van der Waals surface area (Å²) in [5.74, 6) is -0.365. The molecule has 2 N–H and O–H groups in total. The molecule has 0 spiro atoms. The second kappa shape index (κ2) is 9.60. The number of nitrogens with one attached hydrogen (secondary N) is 2. The molecular weight excluding hydrogens is 440 g/mol. The predicted octanol–water partition coefficient (Wildman–Crippen LogP) is 5.41. The lowest BCUT2D eigenvalue weighted by atomic mass is 10.2. The smallest absolute Gasteiger partial charge is 0.248 e. The van der Waals surface area contributed by atoms with Crippen molar-refractivity contribution in [2.24, 2.45) is 0 Å². The maximum Gasteiger partial charge on any atom is 0.248 e. The molecule has 0 atom stereocenters. The van der Waals surface area contributed by atoms with Gasteiger partial charge in [0, 0.05) is 18.3 Å². The van der Waals surface area contributed by atoms with Gasteiger partial charge in [-0.15, -0.1) is 0 Å². The molecule has 6 nitrogen and oxygen atoms in total. The first-order valence-corrected chi connectivity index (χ1v) is 10.6. The zero-order chi connectivity index (χ0) is 21.8. The van der Waals surface area contributed by atoms with E-state index in [4.69, 9.17) is 23.2 Å². The zero-order valence-electron chi connectivity index (χ0n) is 16.5. The van der Waals surface area contributed by atoms with E-state index in [0.717, 1.165) is 19.6 Å². The molecular formula is C22H20Cl2FN5O. The molecule has 0 unspecified atom stereocenters. The van der Waals surface area contributed by atoms with Crippen molar-refractivity contribution in [2.45, 2.75) is 12.8 Å². The Morgan fingerprint density at radius 1 is 1.16 bits per heavy atom. The van der Waals surface area contributed by atoms with Gasteiger partial charge in [0.15, 0.2) is 0 Å². The molecule has 1 aliphatic heterocycles. The van der Waals surface area contributed by atoms with E-state index in [1.54, 1.807) is 18.2 Å². The number of hydrogen-bond acceptors (Lipinski definition) is 5. The monoisotopic (exact) mass is 459 g/mol. The van der Waals surface area contributed by atoms with Crippen molar-refractivity contribution >= 4 is 57.2 Å². The van der Waals surface area contributed by atoms with E-state index in [1.165, 1.54) is 37.4 Å². The lowest BCUT2D eigenvalue weighted by Crippen LogP contribution is -2.19. The van der Waals surface area contributed by atoms with Crippen LogP contribution in [0.25, 0.3) is 10.9 Å². The average molecular weight is 460 g/mol. The summed E-state index contributed by atoms with van der Waals surface area (Å²) in [7, 11) is 0. The molecule has 0 aliphatic carbocycles. The fourth-order valence-corrected chi connectivity index (χ4v) is 3.94. The molecule has 2 heterocycles. The Hall–Kier alpha value is -2.74. The van der Waals surface area contributed by atoms with E-state index in [9.17, 15) is 9.18 Å². The van der Waals surface area contributed by atoms with Crippen LogP contribution >= 0.6 is 23.2 Å². The third-order valence-corrected chi connectivity index (χ3v) is 5.69. The Morgan fingerprint density at radius 3 is 2.74 bits per heavy atom. The van der Waals surface area contributed by atoms with E-state index in [2.05, 4.69) is 25.5 Å². The summed E-state index contributed by atoms with van der Waals surface area (Å²) in [6.45, 7) is 2.88. The van der Waals surface area contributed by atoms with Gasteiger partial charge < -0.3 is 10.6 Å². The fourth-order valence-electron chi connectivity index (χ4n) is 3.46. The molecule has 1 saturated heterocycles. The lowest BCUT2D eigenvalue weighted by molar-refractivity contribution is -0.111. The number of amides is 1. The van der Waals surface area contributed by atoms with Crippen LogP contribution < -0.4 is 10.6 Å². The maximum absolute atomic E-state index is 13.5. The van der Waals surface area contributed by atoms with Gasteiger partial charge >= 0.3 is 0 Å². The summed E-state index contributed by atoms with van der Waals surface area (Å²) in [5.41, 5.74) is 1.58. The first-order valence-electron chi connectivity index (χ1n) is 9.86. The van der Waals surface area contributed by atoms with E-state index in [-0.39, 0.29) is 10.9 Å². The van der Waals surface area contributed by atoms with Crippen LogP contribution in [0.15, 0.2) is 48.8 Å². The summed E-state index contributed by atoms with van der Waals surface area (Å²) >= 11 is 12.5. The number of carbonyl (C=O) groups is 1. The molecule has 1 aliphatic rings. The third kappa shape index (κ3) is 5.12. The van der Waals surface area contributed by atoms with Crippen molar-refractivity contribution in [1.29, 1.82) is 0 Å². The number of anilines is 3. The van der Waals surface area contributed by atoms with Gasteiger partial charge in [-0.1, -0.05) is 29.3 Å². The molecule has 9 heteroatoms. The number of benzene rings is 2. The highest BCUT2D eigenvalue weighted by Gasteiger charge is 2.14. The van der Waals surface area contributed by atoms with Crippen molar-refractivity contribution in [1.82, 2.24) is 14.9 Å². The molecule has 0 radical (unpaired) electrons. The topological polar surface area (TPSA) is 70.2 Å². The van der Waals surface area contributed by atoms with Crippen LogP contribution in [0.1, 0.15) is 12.8 Å². The Morgan fingerprint density at radius 2 is 1.97 bits per heavy atom. The first kappa shape index (κ1) is 21.5. The molecule has 2 aromatic carbocycles. The average Bonchev–Trinajstić information content (AvgIpc) is 3.26. The normalized spacial score (nSPS) is 14.4. The summed E-state index contributed by atoms with van der Waals surface area (Å²) in [6, 6.07) is 7.70. The second-order valence-corrected chi connectivity index (χ2v) is 7.98. The molecule has 0 saturated carbocycles. The zero-order valence-corrected chi connectivity index (χ0v) is 18.0. The summed E-state index contributed by atoms with van der Waals surface area (Å²) in [5, 5.41) is 6.71. The highest BCUT2D eigenvalue weighted by molar-refractivity contribution is 6.39. The highest BCUT2D eigenvalue weighted by atomic mass is 35.5. The van der Waals surface area contributed by atoms with E-state index in [0.29, 0.717) is 33.1 Å². The molecule has 31 heavy (non-hydrogen) atoms. The van der Waals surface area contributed by atoms with E-state index < -0.39 is 5.82 Å². The highest BCUT2D eigenvalue weighted by Crippen LogP contribution is 2.35. The summed E-state index contributed by atoms with van der Waals surface area (Å²) in [6.07, 6.45) is 7.17. The van der Waals surface area contributed by atoms with Crippen LogP contribution in [0.2, 0.25) is 10.0 Å². The fraction of sp³-hybridized carbons (Fsp3) is 0.227. The second-order valence-electron chi connectivity index (χ2n) is 7.20. The van der Waals surface area contributed by atoms with Gasteiger partial charge in [0.25, 0.3) is 0 Å². The van der Waals surface area contributed by atoms with Gasteiger partial charge in [-0.25, -0.2) is 14.4 Å². The van der Waals surface area contributed by atoms with E-state index >= 15 is 0 Å². The largest absolute Gasteiger partial charge is 0.340 e. The Kier molecular flexibility index (Phi) is 6.65. The van der Waals surface area contributed by atoms with Gasteiger partial charge in [-0.2, -0.15) is 0 Å². The standard InChI is InChI=1S/C22H20Cl2FN5O/c23-15-12-14(5-6-16(15)25)28-22-20-17(26-13-27-22)7-8-18(21(20)24)29-19(31)4-3-11-30-9-1-2-10-30/h3-8,12-13H,1-2,9-11H2,(H,29,31)(H,26,27,28)/b4-3+. The number of rotatable bonds is 6. The van der Waals surface area contributed by atoms with Crippen LogP contribution in [-0.2, 0) is 4.79 Å². The third-order valence-electron chi connectivity index (χ3n) is 5.01. The van der Waals surface area contributed by atoms with Gasteiger partial charge in [0.2, 0.25) is 5.91 Å². The molecule has 0 bridgehead atoms. The van der Waals surface area contributed by atoms with Crippen LogP contribution in [0.3, 0.4) is 0 Å². The SMILES string of the molecule is O=C(/C=C/CN1CCCC1)Nc1ccc2ncnc(Nc3ccc(F)c(Cl)c3)c2c1Cl. The number of fused-ring (bicyclic) bond motifs is 1. The minimum atomic E-state index is -0.513. The molecule has 1 aromatic heterocycles. The molecule has 1 fully saturated rings. The Bertz CT molecular complexity index is 1150. The minimum Gasteiger partial charge on any atom is -0.340 e. The lowest BCUT2D eigenvalue weighted by Gasteiger charge is -2.13. The van der Waals surface area contributed by atoms with Gasteiger partial charge in [0.1, 0.15) is 18.0 Å². The molecule has 4 rings (SSSR count). The first-order chi connectivity index (χ1) is 15.0.